The van der Waals surface area contributed by atoms with Crippen LogP contribution in [0.4, 0.5) is 0 Å². The lowest BCUT2D eigenvalue weighted by Crippen LogP contribution is -2.17. The Bertz CT molecular complexity index is 563. The van der Waals surface area contributed by atoms with E-state index in [1.165, 1.54) is 11.1 Å². The molecule has 1 aromatic carbocycles. The summed E-state index contributed by atoms with van der Waals surface area (Å²) in [5, 5.41) is 4.33. The molecule has 3 nitrogen and oxygen atoms in total. The van der Waals surface area contributed by atoms with Gasteiger partial charge in [-0.05, 0) is 36.3 Å². The van der Waals surface area contributed by atoms with Crippen LogP contribution in [0, 0.1) is 18.8 Å². The lowest BCUT2D eigenvalue weighted by molar-refractivity contribution is 0.447. The highest BCUT2D eigenvalue weighted by molar-refractivity contribution is 6.18. The third-order valence-electron chi connectivity index (χ3n) is 3.69. The molecule has 0 spiro atoms. The molecule has 0 bridgehead atoms. The Hall–Kier alpha value is -1.35. The summed E-state index contributed by atoms with van der Waals surface area (Å²) >= 11 is 6.19. The van der Waals surface area contributed by atoms with Crippen molar-refractivity contribution in [2.45, 2.75) is 40.2 Å². The number of aryl methyl sites for hydroxylation is 1. The summed E-state index contributed by atoms with van der Waals surface area (Å²) in [7, 11) is 0. The molecular weight excluding hydrogens is 282 g/mol. The van der Waals surface area contributed by atoms with Gasteiger partial charge in [0.05, 0.1) is 0 Å². The molecular formula is C17H24ClN3. The fourth-order valence-corrected chi connectivity index (χ4v) is 2.75. The molecule has 0 amide bonds. The minimum Gasteiger partial charge on any atom is -0.250 e. The third kappa shape index (κ3) is 4.57. The van der Waals surface area contributed by atoms with Gasteiger partial charge >= 0.3 is 0 Å². The van der Waals surface area contributed by atoms with Gasteiger partial charge in [0.2, 0.25) is 0 Å². The first-order valence-corrected chi connectivity index (χ1v) is 8.10. The molecule has 1 aromatic heterocycles. The van der Waals surface area contributed by atoms with Crippen LogP contribution in [0.15, 0.2) is 30.6 Å². The van der Waals surface area contributed by atoms with Crippen LogP contribution in [-0.2, 0) is 19.4 Å². The first-order chi connectivity index (χ1) is 10.1. The Kier molecular flexibility index (Phi) is 5.80. The first kappa shape index (κ1) is 16.0. The molecule has 2 rings (SSSR count). The molecule has 0 radical (unpaired) electrons. The molecule has 0 saturated heterocycles. The Balaban J connectivity index is 2.06. The van der Waals surface area contributed by atoms with Crippen molar-refractivity contribution in [2.24, 2.45) is 11.8 Å². The highest BCUT2D eigenvalue weighted by atomic mass is 35.5. The van der Waals surface area contributed by atoms with E-state index in [9.17, 15) is 0 Å². The lowest BCUT2D eigenvalue weighted by atomic mass is 9.95. The maximum Gasteiger partial charge on any atom is 0.138 e. The number of hydrogen-bond acceptors (Lipinski definition) is 2. The van der Waals surface area contributed by atoms with E-state index < -0.39 is 0 Å². The zero-order chi connectivity index (χ0) is 15.2. The van der Waals surface area contributed by atoms with E-state index in [4.69, 9.17) is 11.6 Å². The van der Waals surface area contributed by atoms with Gasteiger partial charge in [-0.1, -0.05) is 38.1 Å². The molecule has 0 aliphatic carbocycles. The SMILES string of the molecule is Cc1ccccc1CC(CCl)Cc1ncnn1CC(C)C. The maximum atomic E-state index is 6.19. The van der Waals surface area contributed by atoms with Crippen molar-refractivity contribution >= 4 is 11.6 Å². The summed E-state index contributed by atoms with van der Waals surface area (Å²) in [6, 6.07) is 8.51. The van der Waals surface area contributed by atoms with Crippen molar-refractivity contribution in [2.75, 3.05) is 5.88 Å². The third-order valence-corrected chi connectivity index (χ3v) is 4.13. The number of benzene rings is 1. The van der Waals surface area contributed by atoms with Gasteiger partial charge < -0.3 is 0 Å². The van der Waals surface area contributed by atoms with Gasteiger partial charge in [-0.15, -0.1) is 11.6 Å². The molecule has 114 valence electrons. The highest BCUT2D eigenvalue weighted by Gasteiger charge is 2.15. The number of rotatable bonds is 7. The second-order valence-electron chi connectivity index (χ2n) is 6.11. The minimum atomic E-state index is 0.392. The molecule has 0 N–H and O–H groups in total. The van der Waals surface area contributed by atoms with E-state index >= 15 is 0 Å². The normalized spacial score (nSPS) is 12.8. The average molecular weight is 306 g/mol. The van der Waals surface area contributed by atoms with Gasteiger partial charge in [0.15, 0.2) is 0 Å². The van der Waals surface area contributed by atoms with Crippen molar-refractivity contribution < 1.29 is 0 Å². The molecule has 0 fully saturated rings. The van der Waals surface area contributed by atoms with Crippen molar-refractivity contribution in [3.05, 3.63) is 47.5 Å². The number of halogens is 1. The van der Waals surface area contributed by atoms with E-state index in [0.717, 1.165) is 25.2 Å². The standard InChI is InChI=1S/C17H24ClN3/c1-13(2)11-21-17(19-12-20-21)9-15(10-18)8-16-7-5-4-6-14(16)3/h4-7,12-13,15H,8-11H2,1-3H3. The zero-order valence-electron chi connectivity index (χ0n) is 13.1. The molecule has 1 heterocycles. The van der Waals surface area contributed by atoms with Crippen molar-refractivity contribution in [1.82, 2.24) is 14.8 Å². The predicted molar refractivity (Wildman–Crippen MR) is 87.7 cm³/mol. The average Bonchev–Trinajstić information content (AvgIpc) is 2.86. The van der Waals surface area contributed by atoms with E-state index in [1.807, 2.05) is 4.68 Å². The number of nitrogens with zero attached hydrogens (tertiary/aromatic N) is 3. The zero-order valence-corrected chi connectivity index (χ0v) is 13.8. The van der Waals surface area contributed by atoms with Crippen LogP contribution >= 0.6 is 11.6 Å². The van der Waals surface area contributed by atoms with Gasteiger partial charge in [-0.3, -0.25) is 0 Å². The van der Waals surface area contributed by atoms with Crippen LogP contribution < -0.4 is 0 Å². The largest absolute Gasteiger partial charge is 0.250 e. The summed E-state index contributed by atoms with van der Waals surface area (Å²) in [6.45, 7) is 7.45. The summed E-state index contributed by atoms with van der Waals surface area (Å²) in [4.78, 5) is 4.41. The summed E-state index contributed by atoms with van der Waals surface area (Å²) in [5.74, 6) is 2.64. The summed E-state index contributed by atoms with van der Waals surface area (Å²) in [6.07, 6.45) is 3.52. The summed E-state index contributed by atoms with van der Waals surface area (Å²) < 4.78 is 2.02. The Morgan fingerprint density at radius 3 is 2.62 bits per heavy atom. The van der Waals surface area contributed by atoms with Crippen LogP contribution in [0.1, 0.15) is 30.8 Å². The van der Waals surface area contributed by atoms with Crippen LogP contribution in [0.25, 0.3) is 0 Å². The minimum absolute atomic E-state index is 0.392. The topological polar surface area (TPSA) is 30.7 Å². The highest BCUT2D eigenvalue weighted by Crippen LogP contribution is 2.18. The van der Waals surface area contributed by atoms with Crippen LogP contribution in [0.5, 0.6) is 0 Å². The van der Waals surface area contributed by atoms with Crippen LogP contribution in [0.3, 0.4) is 0 Å². The first-order valence-electron chi connectivity index (χ1n) is 7.57. The number of aromatic nitrogens is 3. The van der Waals surface area contributed by atoms with E-state index in [-0.39, 0.29) is 0 Å². The monoisotopic (exact) mass is 305 g/mol. The van der Waals surface area contributed by atoms with Crippen molar-refractivity contribution in [1.29, 1.82) is 0 Å². The molecule has 2 aromatic rings. The van der Waals surface area contributed by atoms with Crippen LogP contribution in [0.2, 0.25) is 0 Å². The lowest BCUT2D eigenvalue weighted by Gasteiger charge is -2.16. The van der Waals surface area contributed by atoms with Crippen molar-refractivity contribution in [3.8, 4) is 0 Å². The molecule has 4 heteroatoms. The molecule has 0 aliphatic heterocycles. The fourth-order valence-electron chi connectivity index (χ4n) is 2.53. The maximum absolute atomic E-state index is 6.19. The fraction of sp³-hybridized carbons (Fsp3) is 0.529. The van der Waals surface area contributed by atoms with Crippen LogP contribution in [-0.4, -0.2) is 20.6 Å². The van der Waals surface area contributed by atoms with Gasteiger partial charge in [-0.25, -0.2) is 9.67 Å². The Morgan fingerprint density at radius 1 is 1.19 bits per heavy atom. The predicted octanol–water partition coefficient (Wildman–Crippen LogP) is 3.88. The second-order valence-corrected chi connectivity index (χ2v) is 6.42. The Morgan fingerprint density at radius 2 is 1.95 bits per heavy atom. The van der Waals surface area contributed by atoms with Gasteiger partial charge in [-0.2, -0.15) is 5.10 Å². The smallest absolute Gasteiger partial charge is 0.138 e. The van der Waals surface area contributed by atoms with Gasteiger partial charge in [0.25, 0.3) is 0 Å². The molecule has 1 atom stereocenters. The number of hydrogen-bond donors (Lipinski definition) is 0. The molecule has 0 aliphatic rings. The van der Waals surface area contributed by atoms with E-state index in [0.29, 0.717) is 17.7 Å². The van der Waals surface area contributed by atoms with Crippen molar-refractivity contribution in [3.63, 3.8) is 0 Å². The van der Waals surface area contributed by atoms with E-state index in [1.54, 1.807) is 6.33 Å². The second kappa shape index (κ2) is 7.60. The quantitative estimate of drug-likeness (QED) is 0.727. The van der Waals surface area contributed by atoms with Gasteiger partial charge in [0, 0.05) is 18.8 Å². The number of alkyl halides is 1. The van der Waals surface area contributed by atoms with E-state index in [2.05, 4.69) is 55.1 Å². The molecule has 21 heavy (non-hydrogen) atoms. The Labute approximate surface area is 132 Å². The van der Waals surface area contributed by atoms with Gasteiger partial charge in [0.1, 0.15) is 12.2 Å². The molecule has 1 unspecified atom stereocenters. The summed E-state index contributed by atoms with van der Waals surface area (Å²) in [5.41, 5.74) is 2.70. The molecule has 0 saturated carbocycles.